The van der Waals surface area contributed by atoms with Gasteiger partial charge in [0, 0.05) is 49.7 Å². The Hall–Kier alpha value is -3.74. The lowest BCUT2D eigenvalue weighted by molar-refractivity contribution is 0.0746. The number of anilines is 1. The second kappa shape index (κ2) is 10.7. The lowest BCUT2D eigenvalue weighted by Gasteiger charge is -2.36. The first kappa shape index (κ1) is 22.5. The molecule has 2 aromatic carbocycles. The van der Waals surface area contributed by atoms with Gasteiger partial charge in [-0.05, 0) is 43.3 Å². The van der Waals surface area contributed by atoms with Crippen molar-refractivity contribution in [2.75, 3.05) is 44.8 Å². The number of para-hydroxylation sites is 2. The number of benzene rings is 2. The predicted octanol–water partition coefficient (Wildman–Crippen LogP) is 4.03. The first-order valence-corrected chi connectivity index (χ1v) is 11.2. The fourth-order valence-electron chi connectivity index (χ4n) is 3.90. The van der Waals surface area contributed by atoms with Crippen molar-refractivity contribution in [3.63, 3.8) is 0 Å². The Morgan fingerprint density at radius 2 is 1.76 bits per heavy atom. The number of hydrogen-bond acceptors (Lipinski definition) is 6. The average molecular weight is 448 g/mol. The molecule has 0 atom stereocenters. The minimum atomic E-state index is -0.00515. The summed E-state index contributed by atoms with van der Waals surface area (Å²) in [6, 6.07) is 17.2. The van der Waals surface area contributed by atoms with Crippen LogP contribution in [0.3, 0.4) is 0 Å². The molecule has 0 N–H and O–H groups in total. The SMILES string of the molecule is CCOc1cc(C(=O)N2CCN(c3ccccc3OC)CC2)ccc1OCc1cccnc1. The van der Waals surface area contributed by atoms with Crippen LogP contribution in [-0.2, 0) is 6.61 Å². The molecule has 7 nitrogen and oxygen atoms in total. The van der Waals surface area contributed by atoms with Gasteiger partial charge in [-0.3, -0.25) is 9.78 Å². The highest BCUT2D eigenvalue weighted by molar-refractivity contribution is 5.95. The van der Waals surface area contributed by atoms with Crippen molar-refractivity contribution < 1.29 is 19.0 Å². The molecule has 0 saturated carbocycles. The van der Waals surface area contributed by atoms with Crippen molar-refractivity contribution in [1.82, 2.24) is 9.88 Å². The maximum absolute atomic E-state index is 13.2. The number of rotatable bonds is 8. The van der Waals surface area contributed by atoms with Crippen LogP contribution < -0.4 is 19.1 Å². The van der Waals surface area contributed by atoms with E-state index in [4.69, 9.17) is 14.2 Å². The van der Waals surface area contributed by atoms with Gasteiger partial charge in [-0.25, -0.2) is 0 Å². The standard InChI is InChI=1S/C26H29N3O4/c1-3-32-25-17-21(10-11-24(25)33-19-20-7-6-12-27-18-20)26(30)29-15-13-28(14-16-29)22-8-4-5-9-23(22)31-2/h4-12,17-18H,3,13-16,19H2,1-2H3. The molecule has 172 valence electrons. The van der Waals surface area contributed by atoms with Gasteiger partial charge in [0.2, 0.25) is 0 Å². The highest BCUT2D eigenvalue weighted by Gasteiger charge is 2.24. The molecule has 0 bridgehead atoms. The summed E-state index contributed by atoms with van der Waals surface area (Å²) in [5.74, 6) is 2.02. The summed E-state index contributed by atoms with van der Waals surface area (Å²) in [5, 5.41) is 0. The van der Waals surface area contributed by atoms with Crippen molar-refractivity contribution in [3.8, 4) is 17.2 Å². The zero-order valence-corrected chi connectivity index (χ0v) is 19.1. The van der Waals surface area contributed by atoms with Crippen LogP contribution >= 0.6 is 0 Å². The first-order valence-electron chi connectivity index (χ1n) is 11.2. The van der Waals surface area contributed by atoms with Crippen molar-refractivity contribution in [2.45, 2.75) is 13.5 Å². The molecule has 1 aromatic heterocycles. The number of aromatic nitrogens is 1. The minimum absolute atomic E-state index is 0.00515. The Labute approximate surface area is 194 Å². The molecule has 1 fully saturated rings. The second-order valence-corrected chi connectivity index (χ2v) is 7.70. The molecule has 2 heterocycles. The van der Waals surface area contributed by atoms with Gasteiger partial charge in [-0.2, -0.15) is 0 Å². The summed E-state index contributed by atoms with van der Waals surface area (Å²) in [6.45, 7) is 5.55. The number of carbonyl (C=O) groups excluding carboxylic acids is 1. The van der Waals surface area contributed by atoms with Crippen LogP contribution in [0.15, 0.2) is 67.0 Å². The van der Waals surface area contributed by atoms with E-state index in [1.165, 1.54) is 0 Å². The quantitative estimate of drug-likeness (QED) is 0.520. The third-order valence-electron chi connectivity index (χ3n) is 5.60. The minimum Gasteiger partial charge on any atom is -0.495 e. The molecular weight excluding hydrogens is 418 g/mol. The van der Waals surface area contributed by atoms with E-state index < -0.39 is 0 Å². The third kappa shape index (κ3) is 5.37. The summed E-state index contributed by atoms with van der Waals surface area (Å²) < 4.78 is 17.2. The van der Waals surface area contributed by atoms with Crippen LogP contribution in [0.5, 0.6) is 17.2 Å². The summed E-state index contributed by atoms with van der Waals surface area (Å²) >= 11 is 0. The molecule has 0 radical (unpaired) electrons. The molecule has 1 saturated heterocycles. The number of piperazine rings is 1. The molecule has 1 aliphatic heterocycles. The third-order valence-corrected chi connectivity index (χ3v) is 5.60. The van der Waals surface area contributed by atoms with Crippen LogP contribution in [0.2, 0.25) is 0 Å². The fraction of sp³-hybridized carbons (Fsp3) is 0.308. The first-order chi connectivity index (χ1) is 16.2. The Kier molecular flexibility index (Phi) is 7.29. The molecule has 0 aliphatic carbocycles. The Morgan fingerprint density at radius 3 is 2.48 bits per heavy atom. The number of ether oxygens (including phenoxy) is 3. The lowest BCUT2D eigenvalue weighted by Crippen LogP contribution is -2.48. The van der Waals surface area contributed by atoms with E-state index in [0.717, 1.165) is 30.1 Å². The molecule has 4 rings (SSSR count). The molecule has 1 aliphatic rings. The smallest absolute Gasteiger partial charge is 0.254 e. The molecule has 0 unspecified atom stereocenters. The summed E-state index contributed by atoms with van der Waals surface area (Å²) in [5.41, 5.74) is 2.62. The summed E-state index contributed by atoms with van der Waals surface area (Å²) in [7, 11) is 1.68. The van der Waals surface area contributed by atoms with Crippen molar-refractivity contribution in [3.05, 3.63) is 78.1 Å². The number of pyridine rings is 1. The van der Waals surface area contributed by atoms with Crippen LogP contribution in [0.1, 0.15) is 22.8 Å². The highest BCUT2D eigenvalue weighted by atomic mass is 16.5. The van der Waals surface area contributed by atoms with Crippen LogP contribution in [0.25, 0.3) is 0 Å². The van der Waals surface area contributed by atoms with E-state index >= 15 is 0 Å². The van der Waals surface area contributed by atoms with Crippen LogP contribution in [-0.4, -0.2) is 55.7 Å². The fourth-order valence-corrected chi connectivity index (χ4v) is 3.90. The predicted molar refractivity (Wildman–Crippen MR) is 127 cm³/mol. The van der Waals surface area contributed by atoms with E-state index in [9.17, 15) is 4.79 Å². The molecule has 3 aromatic rings. The average Bonchev–Trinajstić information content (AvgIpc) is 2.88. The monoisotopic (exact) mass is 447 g/mol. The zero-order chi connectivity index (χ0) is 23.0. The van der Waals surface area contributed by atoms with Gasteiger partial charge < -0.3 is 24.0 Å². The van der Waals surface area contributed by atoms with Gasteiger partial charge in [0.05, 0.1) is 19.4 Å². The zero-order valence-electron chi connectivity index (χ0n) is 19.1. The molecule has 1 amide bonds. The van der Waals surface area contributed by atoms with Gasteiger partial charge in [0.1, 0.15) is 12.4 Å². The Bertz CT molecular complexity index is 1070. The number of nitrogens with zero attached hydrogens (tertiary/aromatic N) is 3. The maximum Gasteiger partial charge on any atom is 0.254 e. The summed E-state index contributed by atoms with van der Waals surface area (Å²) in [6.07, 6.45) is 3.49. The Morgan fingerprint density at radius 1 is 0.939 bits per heavy atom. The molecule has 33 heavy (non-hydrogen) atoms. The van der Waals surface area contributed by atoms with E-state index in [1.54, 1.807) is 37.7 Å². The number of methoxy groups -OCH3 is 1. The second-order valence-electron chi connectivity index (χ2n) is 7.70. The van der Waals surface area contributed by atoms with Crippen molar-refractivity contribution in [2.24, 2.45) is 0 Å². The molecule has 0 spiro atoms. The summed E-state index contributed by atoms with van der Waals surface area (Å²) in [4.78, 5) is 21.4. The van der Waals surface area contributed by atoms with Gasteiger partial charge in [-0.1, -0.05) is 18.2 Å². The number of carbonyl (C=O) groups is 1. The normalized spacial score (nSPS) is 13.5. The van der Waals surface area contributed by atoms with E-state index in [0.29, 0.717) is 43.4 Å². The van der Waals surface area contributed by atoms with Gasteiger partial charge in [-0.15, -0.1) is 0 Å². The molecule has 7 heteroatoms. The van der Waals surface area contributed by atoms with Crippen molar-refractivity contribution >= 4 is 11.6 Å². The highest BCUT2D eigenvalue weighted by Crippen LogP contribution is 2.31. The largest absolute Gasteiger partial charge is 0.495 e. The molecular formula is C26H29N3O4. The van der Waals surface area contributed by atoms with Crippen LogP contribution in [0.4, 0.5) is 5.69 Å². The van der Waals surface area contributed by atoms with Crippen molar-refractivity contribution in [1.29, 1.82) is 0 Å². The van der Waals surface area contributed by atoms with Gasteiger partial charge in [0.25, 0.3) is 5.91 Å². The van der Waals surface area contributed by atoms with Gasteiger partial charge >= 0.3 is 0 Å². The van der Waals surface area contributed by atoms with E-state index in [1.807, 2.05) is 42.2 Å². The van der Waals surface area contributed by atoms with E-state index in [2.05, 4.69) is 16.0 Å². The van der Waals surface area contributed by atoms with Gasteiger partial charge in [0.15, 0.2) is 11.5 Å². The Balaban J connectivity index is 1.42. The number of hydrogen-bond donors (Lipinski definition) is 0. The number of amides is 1. The lowest BCUT2D eigenvalue weighted by atomic mass is 10.1. The maximum atomic E-state index is 13.2. The van der Waals surface area contributed by atoms with E-state index in [-0.39, 0.29) is 5.91 Å². The topological polar surface area (TPSA) is 64.1 Å². The van der Waals surface area contributed by atoms with Crippen LogP contribution in [0, 0.1) is 0 Å².